The fraction of sp³-hybridized carbons (Fsp3) is 0.0588. The maximum Gasteiger partial charge on any atom is 0.414 e. The van der Waals surface area contributed by atoms with Crippen molar-refractivity contribution in [1.82, 2.24) is 5.16 Å². The van der Waals surface area contributed by atoms with Crippen molar-refractivity contribution in [3.05, 3.63) is 70.7 Å². The molecule has 23 heavy (non-hydrogen) atoms. The average molecular weight is 373 g/mol. The third kappa shape index (κ3) is 4.20. The molecule has 1 amide bonds. The molecule has 1 heterocycles. The van der Waals surface area contributed by atoms with Gasteiger partial charge in [-0.2, -0.15) is 0 Å². The number of halogens is 1. The second kappa shape index (κ2) is 7.11. The first-order chi connectivity index (χ1) is 11.2. The zero-order chi connectivity index (χ0) is 16.1. The van der Waals surface area contributed by atoms with Crippen LogP contribution >= 0.6 is 15.9 Å². The standard InChI is InChI=1S/C17H13BrN2O3/c18-14-8-4-7-13(9-14)15-10-16(23-20-15)19-17(21)22-11-12-5-2-1-3-6-12/h1-10H,11H2,(H,19,21). The molecule has 1 aromatic heterocycles. The van der Waals surface area contributed by atoms with Crippen LogP contribution in [0.1, 0.15) is 5.56 Å². The Morgan fingerprint density at radius 2 is 1.96 bits per heavy atom. The number of anilines is 1. The van der Waals surface area contributed by atoms with Gasteiger partial charge in [0.1, 0.15) is 12.3 Å². The van der Waals surface area contributed by atoms with Crippen molar-refractivity contribution in [1.29, 1.82) is 0 Å². The van der Waals surface area contributed by atoms with Crippen LogP contribution in [-0.4, -0.2) is 11.2 Å². The van der Waals surface area contributed by atoms with E-state index in [9.17, 15) is 4.79 Å². The van der Waals surface area contributed by atoms with Gasteiger partial charge in [-0.15, -0.1) is 0 Å². The molecule has 1 N–H and O–H groups in total. The summed E-state index contributed by atoms with van der Waals surface area (Å²) in [6.07, 6.45) is -0.592. The molecule has 3 aromatic rings. The van der Waals surface area contributed by atoms with Crippen LogP contribution in [0.25, 0.3) is 11.3 Å². The smallest absolute Gasteiger partial charge is 0.414 e. The van der Waals surface area contributed by atoms with Crippen molar-refractivity contribution in [3.8, 4) is 11.3 Å². The number of nitrogens with one attached hydrogen (secondary N) is 1. The van der Waals surface area contributed by atoms with Crippen LogP contribution in [0.2, 0.25) is 0 Å². The van der Waals surface area contributed by atoms with Gasteiger partial charge in [0.2, 0.25) is 5.88 Å². The largest absolute Gasteiger partial charge is 0.444 e. The van der Waals surface area contributed by atoms with Gasteiger partial charge in [0.25, 0.3) is 0 Å². The number of nitrogens with zero attached hydrogens (tertiary/aromatic N) is 1. The first-order valence-electron chi connectivity index (χ1n) is 6.91. The molecule has 3 rings (SSSR count). The predicted octanol–water partition coefficient (Wildman–Crippen LogP) is 4.85. The summed E-state index contributed by atoms with van der Waals surface area (Å²) < 4.78 is 11.2. The summed E-state index contributed by atoms with van der Waals surface area (Å²) in [5.74, 6) is 0.234. The molecule has 0 fully saturated rings. The van der Waals surface area contributed by atoms with Crippen LogP contribution in [0.5, 0.6) is 0 Å². The summed E-state index contributed by atoms with van der Waals surface area (Å²) in [5, 5.41) is 6.45. The van der Waals surface area contributed by atoms with Gasteiger partial charge in [-0.1, -0.05) is 63.6 Å². The number of ether oxygens (including phenoxy) is 1. The first-order valence-corrected chi connectivity index (χ1v) is 7.70. The van der Waals surface area contributed by atoms with E-state index >= 15 is 0 Å². The molecule has 6 heteroatoms. The fourth-order valence-corrected chi connectivity index (χ4v) is 2.38. The Morgan fingerprint density at radius 3 is 2.74 bits per heavy atom. The molecule has 0 aliphatic heterocycles. The number of hydrogen-bond donors (Lipinski definition) is 1. The molecule has 0 spiro atoms. The molecular formula is C17H13BrN2O3. The van der Waals surface area contributed by atoms with Crippen LogP contribution < -0.4 is 5.32 Å². The molecule has 0 aliphatic carbocycles. The minimum Gasteiger partial charge on any atom is -0.444 e. The molecule has 116 valence electrons. The van der Waals surface area contributed by atoms with E-state index in [-0.39, 0.29) is 12.5 Å². The van der Waals surface area contributed by atoms with Crippen LogP contribution in [0.3, 0.4) is 0 Å². The molecular weight excluding hydrogens is 360 g/mol. The Labute approximate surface area is 141 Å². The van der Waals surface area contributed by atoms with Crippen molar-refractivity contribution in [2.45, 2.75) is 6.61 Å². The average Bonchev–Trinajstić information content (AvgIpc) is 3.02. The monoisotopic (exact) mass is 372 g/mol. The summed E-state index contributed by atoms with van der Waals surface area (Å²) in [4.78, 5) is 11.8. The predicted molar refractivity (Wildman–Crippen MR) is 89.9 cm³/mol. The Morgan fingerprint density at radius 1 is 1.13 bits per heavy atom. The maximum absolute atomic E-state index is 11.8. The molecule has 5 nitrogen and oxygen atoms in total. The van der Waals surface area contributed by atoms with Crippen molar-refractivity contribution < 1.29 is 14.1 Å². The van der Waals surface area contributed by atoms with E-state index in [1.54, 1.807) is 6.07 Å². The number of benzene rings is 2. The van der Waals surface area contributed by atoms with Gasteiger partial charge in [-0.3, -0.25) is 5.32 Å². The highest BCUT2D eigenvalue weighted by molar-refractivity contribution is 9.10. The second-order valence-corrected chi connectivity index (χ2v) is 5.69. The Kier molecular flexibility index (Phi) is 4.73. The quantitative estimate of drug-likeness (QED) is 0.710. The summed E-state index contributed by atoms with van der Waals surface area (Å²) >= 11 is 3.40. The lowest BCUT2D eigenvalue weighted by atomic mass is 10.2. The lowest BCUT2D eigenvalue weighted by Crippen LogP contribution is -2.12. The molecule has 0 saturated carbocycles. The summed E-state index contributed by atoms with van der Waals surface area (Å²) in [7, 11) is 0. The van der Waals surface area contributed by atoms with Gasteiger partial charge < -0.3 is 9.26 Å². The highest BCUT2D eigenvalue weighted by Crippen LogP contribution is 2.24. The molecule has 0 radical (unpaired) electrons. The lowest BCUT2D eigenvalue weighted by molar-refractivity contribution is 0.154. The third-order valence-electron chi connectivity index (χ3n) is 3.07. The van der Waals surface area contributed by atoms with Gasteiger partial charge in [-0.25, -0.2) is 4.79 Å². The highest BCUT2D eigenvalue weighted by Gasteiger charge is 2.10. The molecule has 0 saturated heterocycles. The van der Waals surface area contributed by atoms with Gasteiger partial charge in [0.05, 0.1) is 0 Å². The minimum absolute atomic E-state index is 0.194. The van der Waals surface area contributed by atoms with Crippen molar-refractivity contribution in [2.24, 2.45) is 0 Å². The Hall–Kier alpha value is -2.60. The summed E-state index contributed by atoms with van der Waals surface area (Å²) in [6.45, 7) is 0.194. The normalized spacial score (nSPS) is 10.3. The Bertz CT molecular complexity index is 802. The number of hydrogen-bond acceptors (Lipinski definition) is 4. The zero-order valence-corrected chi connectivity index (χ0v) is 13.6. The van der Waals surface area contributed by atoms with Gasteiger partial charge in [-0.05, 0) is 17.7 Å². The van der Waals surface area contributed by atoms with Crippen LogP contribution in [-0.2, 0) is 11.3 Å². The minimum atomic E-state index is -0.592. The number of aromatic nitrogens is 1. The third-order valence-corrected chi connectivity index (χ3v) is 3.56. The molecule has 0 aliphatic rings. The number of amides is 1. The molecule has 0 bridgehead atoms. The summed E-state index contributed by atoms with van der Waals surface area (Å²) in [5.41, 5.74) is 2.42. The van der Waals surface area contributed by atoms with Crippen molar-refractivity contribution in [2.75, 3.05) is 5.32 Å². The van der Waals surface area contributed by atoms with E-state index in [0.717, 1.165) is 15.6 Å². The second-order valence-electron chi connectivity index (χ2n) is 4.77. The first kappa shape index (κ1) is 15.3. The van der Waals surface area contributed by atoms with E-state index < -0.39 is 6.09 Å². The zero-order valence-electron chi connectivity index (χ0n) is 12.0. The van der Waals surface area contributed by atoms with Crippen LogP contribution in [0, 0.1) is 0 Å². The lowest BCUT2D eigenvalue weighted by Gasteiger charge is -2.04. The fourth-order valence-electron chi connectivity index (χ4n) is 1.98. The van der Waals surface area contributed by atoms with E-state index in [2.05, 4.69) is 26.4 Å². The van der Waals surface area contributed by atoms with Crippen LogP contribution in [0.4, 0.5) is 10.7 Å². The highest BCUT2D eigenvalue weighted by atomic mass is 79.9. The van der Waals surface area contributed by atoms with E-state index in [0.29, 0.717) is 5.69 Å². The van der Waals surface area contributed by atoms with Crippen LogP contribution in [0.15, 0.2) is 69.7 Å². The van der Waals surface area contributed by atoms with E-state index in [1.165, 1.54) is 0 Å². The van der Waals surface area contributed by atoms with Crippen molar-refractivity contribution >= 4 is 27.9 Å². The number of rotatable bonds is 4. The van der Waals surface area contributed by atoms with E-state index in [1.807, 2.05) is 54.6 Å². The molecule has 0 unspecified atom stereocenters. The number of carbonyl (C=O) groups is 1. The number of carbonyl (C=O) groups excluding carboxylic acids is 1. The van der Waals surface area contributed by atoms with Gasteiger partial charge in [0, 0.05) is 16.1 Å². The summed E-state index contributed by atoms with van der Waals surface area (Å²) in [6, 6.07) is 18.7. The molecule has 0 atom stereocenters. The molecule has 2 aromatic carbocycles. The topological polar surface area (TPSA) is 64.4 Å². The Balaban J connectivity index is 1.59. The van der Waals surface area contributed by atoms with E-state index in [4.69, 9.17) is 9.26 Å². The maximum atomic E-state index is 11.8. The van der Waals surface area contributed by atoms with Crippen molar-refractivity contribution in [3.63, 3.8) is 0 Å². The van der Waals surface area contributed by atoms with Gasteiger partial charge >= 0.3 is 6.09 Å². The van der Waals surface area contributed by atoms with Gasteiger partial charge in [0.15, 0.2) is 0 Å². The SMILES string of the molecule is O=C(Nc1cc(-c2cccc(Br)c2)no1)OCc1ccccc1.